The summed E-state index contributed by atoms with van der Waals surface area (Å²) in [4.78, 5) is 9.26. The Morgan fingerprint density at radius 2 is 0.964 bits per heavy atom. The van der Waals surface area contributed by atoms with E-state index < -0.39 is 11.6 Å². The second kappa shape index (κ2) is 21.8. The van der Waals surface area contributed by atoms with Gasteiger partial charge in [0.25, 0.3) is 0 Å². The predicted octanol–water partition coefficient (Wildman–Crippen LogP) is 21.1. The van der Waals surface area contributed by atoms with Crippen molar-refractivity contribution in [2.45, 2.75) is 105 Å². The summed E-state index contributed by atoms with van der Waals surface area (Å²) in [6, 6.07) is 70.8. The quantitative estimate of drug-likeness (QED) is 0.135. The summed E-state index contributed by atoms with van der Waals surface area (Å²) in [5.74, 6) is 0.511. The minimum atomic E-state index is -0.647. The van der Waals surface area contributed by atoms with Gasteiger partial charge in [0.1, 0.15) is 17.5 Å². The Morgan fingerprint density at radius 3 is 1.58 bits per heavy atom. The molecule has 9 aromatic carbocycles. The Morgan fingerprint density at radius 1 is 0.429 bits per heavy atom. The molecule has 1 aliphatic heterocycles. The minimum Gasteiger partial charge on any atom is -0.509 e. The van der Waals surface area contributed by atoms with Crippen molar-refractivity contribution in [1.82, 2.24) is 9.55 Å². The molecule has 0 spiro atoms. The molecule has 0 saturated carbocycles. The fourth-order valence-corrected chi connectivity index (χ4v) is 11.3. The molecule has 0 radical (unpaired) electrons. The number of benzene rings is 9. The van der Waals surface area contributed by atoms with Crippen LogP contribution in [0.15, 0.2) is 194 Å². The average molecular weight is 1290 g/mol. The van der Waals surface area contributed by atoms with Gasteiger partial charge >= 0.3 is 0 Å². The van der Waals surface area contributed by atoms with E-state index in [0.717, 1.165) is 89.7 Å². The first-order chi connectivity index (χ1) is 39.4. The van der Waals surface area contributed by atoms with Gasteiger partial charge in [-0.15, -0.1) is 53.6 Å². The van der Waals surface area contributed by atoms with Crippen molar-refractivity contribution >= 4 is 44.6 Å². The number of aromatic nitrogens is 2. The van der Waals surface area contributed by atoms with Crippen LogP contribution in [-0.4, -0.2) is 9.55 Å². The maximum Gasteiger partial charge on any atom is 0.135 e. The minimum absolute atomic E-state index is 0. The Hall–Kier alpha value is -8.12. The molecule has 0 unspecified atom stereocenters. The number of hydrogen-bond acceptors (Lipinski definition) is 4. The number of nitrogens with zero attached hydrogens (tertiary/aromatic N) is 4. The summed E-state index contributed by atoms with van der Waals surface area (Å²) in [7, 11) is 0. The molecule has 3 heterocycles. The van der Waals surface area contributed by atoms with Gasteiger partial charge in [-0.2, -0.15) is 6.07 Å². The Balaban J connectivity index is 0.00000736. The first kappa shape index (κ1) is 57.7. The first-order valence-corrected chi connectivity index (χ1v) is 28.6. The van der Waals surface area contributed by atoms with E-state index in [1.54, 1.807) is 0 Å². The zero-order chi connectivity index (χ0) is 58.3. The van der Waals surface area contributed by atoms with Gasteiger partial charge in [0.15, 0.2) is 0 Å². The van der Waals surface area contributed by atoms with Gasteiger partial charge in [-0.1, -0.05) is 192 Å². The molecule has 11 aromatic rings. The molecule has 0 saturated heterocycles. The van der Waals surface area contributed by atoms with Crippen LogP contribution < -0.4 is 14.5 Å². The maximum atomic E-state index is 15.7. The van der Waals surface area contributed by atoms with E-state index in [4.69, 9.17) is 9.72 Å². The van der Waals surface area contributed by atoms with Crippen molar-refractivity contribution in [2.75, 3.05) is 9.80 Å². The molecular weight excluding hydrogens is 1220 g/mol. The van der Waals surface area contributed by atoms with Crippen LogP contribution in [0.3, 0.4) is 0 Å². The van der Waals surface area contributed by atoms with Crippen molar-refractivity contribution in [3.05, 3.63) is 247 Å². The van der Waals surface area contributed by atoms with Gasteiger partial charge < -0.3 is 19.1 Å². The summed E-state index contributed by atoms with van der Waals surface area (Å²) in [5, 5.41) is 2.13. The van der Waals surface area contributed by atoms with E-state index in [2.05, 4.69) is 256 Å². The fraction of sp³-hybridized carbons (Fsp3) is 0.211. The van der Waals surface area contributed by atoms with Crippen LogP contribution in [0.1, 0.15) is 105 Å². The second-order valence-corrected chi connectivity index (χ2v) is 26.2. The van der Waals surface area contributed by atoms with Crippen molar-refractivity contribution in [1.29, 1.82) is 0 Å². The zero-order valence-corrected chi connectivity index (χ0v) is 52.1. The van der Waals surface area contributed by atoms with Crippen LogP contribution in [0.2, 0.25) is 0 Å². The molecule has 0 bridgehead atoms. The van der Waals surface area contributed by atoms with Gasteiger partial charge in [0.2, 0.25) is 0 Å². The monoisotopic (exact) mass is 1290 g/mol. The van der Waals surface area contributed by atoms with Crippen LogP contribution in [0.5, 0.6) is 11.5 Å². The molecule has 2 aromatic heterocycles. The predicted molar refractivity (Wildman–Crippen MR) is 341 cm³/mol. The topological polar surface area (TPSA) is 33.5 Å². The van der Waals surface area contributed by atoms with E-state index in [9.17, 15) is 0 Å². The van der Waals surface area contributed by atoms with Crippen LogP contribution in [0.25, 0.3) is 72.1 Å². The van der Waals surface area contributed by atoms with E-state index in [1.807, 2.05) is 36.5 Å². The number of para-hydroxylation sites is 3. The summed E-state index contributed by atoms with van der Waals surface area (Å²) in [5.41, 5.74) is 16.2. The molecule has 5 nitrogen and oxygen atoms in total. The van der Waals surface area contributed by atoms with Gasteiger partial charge in [0, 0.05) is 78.5 Å². The van der Waals surface area contributed by atoms with E-state index in [0.29, 0.717) is 28.3 Å². The molecule has 426 valence electrons. The summed E-state index contributed by atoms with van der Waals surface area (Å²) in [6.45, 7) is 28.8. The van der Waals surface area contributed by atoms with Crippen LogP contribution in [0.4, 0.5) is 31.5 Å². The molecule has 8 heteroatoms. The number of anilines is 4. The molecule has 12 rings (SSSR count). The molecule has 0 amide bonds. The summed E-state index contributed by atoms with van der Waals surface area (Å²) >= 11 is 0. The smallest absolute Gasteiger partial charge is 0.135 e. The SMILES string of the molecule is CC(C)(C)c1cc(-c2cc(C(C)(C)C)cc(-c3cc(F)cc(F)c3)c2N2[CH-]N(c3[c-]c(Oc4[c-]c5c(cc4)c4ccccc4n5-c4cc(C(C)(C)C)ccn4)cc(-c4ccc(-c5ccccc5)cc4)c3)c3ccccc32)cc(C(C)(C)C)c1.[Pt]. The Kier molecular flexibility index (Phi) is 15.0. The van der Waals surface area contributed by atoms with Gasteiger partial charge in [-0.05, 0) is 132 Å². The largest absolute Gasteiger partial charge is 0.509 e. The molecule has 0 aliphatic carbocycles. The van der Waals surface area contributed by atoms with Crippen LogP contribution in [-0.2, 0) is 42.7 Å². The average Bonchev–Trinajstić information content (AvgIpc) is 3.11. The number of hydrogen-bond donors (Lipinski definition) is 0. The number of rotatable bonds is 9. The van der Waals surface area contributed by atoms with Gasteiger partial charge in [-0.25, -0.2) is 13.8 Å². The number of pyridine rings is 1. The van der Waals surface area contributed by atoms with Gasteiger partial charge in [-0.3, -0.25) is 0 Å². The second-order valence-electron chi connectivity index (χ2n) is 26.2. The molecule has 0 atom stereocenters. The number of ether oxygens (including phenoxy) is 1. The van der Waals surface area contributed by atoms with Gasteiger partial charge in [0.05, 0.1) is 0 Å². The van der Waals surface area contributed by atoms with E-state index >= 15 is 8.78 Å². The Bertz CT molecular complexity index is 4240. The molecular formula is C76H69F2N4OPt-3. The summed E-state index contributed by atoms with van der Waals surface area (Å²) < 4.78 is 40.7. The number of fused-ring (bicyclic) bond motifs is 4. The first-order valence-electron chi connectivity index (χ1n) is 28.6. The van der Waals surface area contributed by atoms with Crippen molar-refractivity contribution < 1.29 is 34.6 Å². The van der Waals surface area contributed by atoms with Crippen molar-refractivity contribution in [2.24, 2.45) is 0 Å². The zero-order valence-electron chi connectivity index (χ0n) is 49.8. The van der Waals surface area contributed by atoms with Crippen LogP contribution >= 0.6 is 0 Å². The third-order valence-electron chi connectivity index (χ3n) is 16.0. The molecule has 0 fully saturated rings. The third kappa shape index (κ3) is 11.2. The maximum absolute atomic E-state index is 15.7. The Labute approximate surface area is 508 Å². The van der Waals surface area contributed by atoms with Crippen LogP contribution in [0, 0.1) is 30.4 Å². The molecule has 84 heavy (non-hydrogen) atoms. The van der Waals surface area contributed by atoms with E-state index in [1.165, 1.54) is 28.8 Å². The summed E-state index contributed by atoms with van der Waals surface area (Å²) in [6.07, 6.45) is 1.89. The number of halogens is 2. The van der Waals surface area contributed by atoms with Crippen molar-refractivity contribution in [3.8, 4) is 61.8 Å². The molecule has 0 N–H and O–H groups in total. The normalized spacial score (nSPS) is 12.9. The van der Waals surface area contributed by atoms with Crippen molar-refractivity contribution in [3.63, 3.8) is 0 Å². The van der Waals surface area contributed by atoms with E-state index in [-0.39, 0.29) is 42.7 Å². The third-order valence-corrected chi connectivity index (χ3v) is 16.0. The fourth-order valence-electron chi connectivity index (χ4n) is 11.3. The standard InChI is InChI=1S/C76H69F2N4O.Pt/c1-73(2,3)54-32-33-79-71(43-54)82-67-23-17-16-22-63(67)64-31-30-61(46-70(64)82)83-62-39-51(50-28-26-49(27-29-50)48-20-14-13-15-21-48)38-60(45-62)80-47-81(69-25-19-18-24-68(69)80)72-65(52-34-55(74(4,5)6)40-56(35-52)75(7,8)9)41-57(76(10,11)12)42-66(72)53-36-58(77)44-59(78)37-53;/h13-44,47H,1-12H3;/q-3;. The molecule has 1 aliphatic rings.